The molecule has 0 spiro atoms. The Bertz CT molecular complexity index is 760. The third kappa shape index (κ3) is 4.32. The number of ether oxygens (including phenoxy) is 2. The molecule has 2 heterocycles. The molecule has 4 rings (SSSR count). The molecule has 2 aliphatic rings. The first kappa shape index (κ1) is 19.2. The summed E-state index contributed by atoms with van der Waals surface area (Å²) in [7, 11) is 3.38. The van der Waals surface area contributed by atoms with Crippen LogP contribution in [0.3, 0.4) is 0 Å². The van der Waals surface area contributed by atoms with Crippen molar-refractivity contribution in [3.63, 3.8) is 0 Å². The van der Waals surface area contributed by atoms with Gasteiger partial charge in [0.1, 0.15) is 11.5 Å². The summed E-state index contributed by atoms with van der Waals surface area (Å²) in [6.45, 7) is 3.63. The van der Waals surface area contributed by atoms with Crippen molar-refractivity contribution in [2.24, 2.45) is 0 Å². The van der Waals surface area contributed by atoms with E-state index in [0.717, 1.165) is 50.5 Å². The first-order chi connectivity index (χ1) is 13.6. The Hall–Kier alpha value is -2.08. The highest BCUT2D eigenvalue weighted by atomic mass is 16.5. The third-order valence-corrected chi connectivity index (χ3v) is 6.02. The average Bonchev–Trinajstić information content (AvgIpc) is 3.07. The van der Waals surface area contributed by atoms with E-state index in [1.807, 2.05) is 6.07 Å². The summed E-state index contributed by atoms with van der Waals surface area (Å²) < 4.78 is 10.9. The van der Waals surface area contributed by atoms with Crippen molar-refractivity contribution in [2.45, 2.75) is 37.6 Å². The summed E-state index contributed by atoms with van der Waals surface area (Å²) in [4.78, 5) is 5.04. The quantitative estimate of drug-likeness (QED) is 0.832. The Morgan fingerprint density at radius 1 is 0.929 bits per heavy atom. The van der Waals surface area contributed by atoms with Gasteiger partial charge in [-0.15, -0.1) is 0 Å². The second-order valence-electron chi connectivity index (χ2n) is 7.99. The van der Waals surface area contributed by atoms with Crippen LogP contribution in [0, 0.1) is 0 Å². The Kier molecular flexibility index (Phi) is 5.85. The molecule has 2 aliphatic heterocycles. The van der Waals surface area contributed by atoms with Crippen molar-refractivity contribution in [2.75, 3.05) is 33.9 Å². The summed E-state index contributed by atoms with van der Waals surface area (Å²) in [5.74, 6) is 1.65. The highest BCUT2D eigenvalue weighted by Crippen LogP contribution is 2.29. The first-order valence-corrected chi connectivity index (χ1v) is 10.1. The van der Waals surface area contributed by atoms with E-state index in [1.165, 1.54) is 11.1 Å². The lowest BCUT2D eigenvalue weighted by Gasteiger charge is -2.44. The first-order valence-electron chi connectivity index (χ1n) is 10.1. The van der Waals surface area contributed by atoms with Crippen LogP contribution in [-0.4, -0.2) is 66.9 Å². The number of hydrogen-bond acceptors (Lipinski definition) is 5. The minimum absolute atomic E-state index is 0.195. The van der Waals surface area contributed by atoms with Crippen molar-refractivity contribution in [1.29, 1.82) is 0 Å². The zero-order chi connectivity index (χ0) is 19.5. The van der Waals surface area contributed by atoms with Gasteiger partial charge in [0.2, 0.25) is 0 Å². The topological polar surface area (TPSA) is 45.2 Å². The molecular weight excluding hydrogens is 352 g/mol. The maximum absolute atomic E-state index is 10.2. The van der Waals surface area contributed by atoms with E-state index in [-0.39, 0.29) is 6.10 Å². The number of nitrogens with zero attached hydrogens (tertiary/aromatic N) is 2. The van der Waals surface area contributed by atoms with Crippen LogP contribution in [0.15, 0.2) is 48.5 Å². The SMILES string of the molecule is COc1cc(CN2C[C@@H]3C[C@@H](O)CN3C[C@@H]2Cc2ccccc2)cc(OC)c1. The molecule has 0 radical (unpaired) electrons. The van der Waals surface area contributed by atoms with Crippen LogP contribution in [-0.2, 0) is 13.0 Å². The number of aliphatic hydroxyl groups excluding tert-OH is 1. The van der Waals surface area contributed by atoms with Gasteiger partial charge in [-0.05, 0) is 36.1 Å². The smallest absolute Gasteiger partial charge is 0.122 e. The summed E-state index contributed by atoms with van der Waals surface area (Å²) in [6, 6.07) is 17.7. The van der Waals surface area contributed by atoms with Crippen LogP contribution in [0.2, 0.25) is 0 Å². The molecule has 28 heavy (non-hydrogen) atoms. The lowest BCUT2D eigenvalue weighted by Crippen LogP contribution is -2.56. The molecule has 0 unspecified atom stereocenters. The predicted octanol–water partition coefficient (Wildman–Crippen LogP) is 2.57. The lowest BCUT2D eigenvalue weighted by molar-refractivity contribution is 0.0444. The molecule has 0 saturated carbocycles. The normalized spacial score (nSPS) is 25.5. The molecule has 2 aromatic rings. The van der Waals surface area contributed by atoms with E-state index >= 15 is 0 Å². The highest BCUT2D eigenvalue weighted by Gasteiger charge is 2.39. The van der Waals surface area contributed by atoms with Gasteiger partial charge in [-0.1, -0.05) is 30.3 Å². The van der Waals surface area contributed by atoms with E-state index in [1.54, 1.807) is 14.2 Å². The molecule has 5 nitrogen and oxygen atoms in total. The van der Waals surface area contributed by atoms with Crippen LogP contribution >= 0.6 is 0 Å². The Morgan fingerprint density at radius 3 is 2.32 bits per heavy atom. The average molecular weight is 383 g/mol. The third-order valence-electron chi connectivity index (χ3n) is 6.02. The van der Waals surface area contributed by atoms with E-state index < -0.39 is 0 Å². The Labute approximate surface area is 167 Å². The van der Waals surface area contributed by atoms with Gasteiger partial charge in [0.15, 0.2) is 0 Å². The molecule has 0 bridgehead atoms. The van der Waals surface area contributed by atoms with E-state index in [9.17, 15) is 5.11 Å². The van der Waals surface area contributed by atoms with Gasteiger partial charge >= 0.3 is 0 Å². The molecule has 150 valence electrons. The summed E-state index contributed by atoms with van der Waals surface area (Å²) >= 11 is 0. The minimum atomic E-state index is -0.195. The fourth-order valence-electron chi connectivity index (χ4n) is 4.64. The predicted molar refractivity (Wildman–Crippen MR) is 110 cm³/mol. The molecule has 5 heteroatoms. The van der Waals surface area contributed by atoms with Crippen LogP contribution in [0.1, 0.15) is 17.5 Å². The molecule has 2 aromatic carbocycles. The van der Waals surface area contributed by atoms with Gasteiger partial charge in [-0.25, -0.2) is 0 Å². The zero-order valence-electron chi connectivity index (χ0n) is 16.8. The number of rotatable bonds is 6. The monoisotopic (exact) mass is 382 g/mol. The minimum Gasteiger partial charge on any atom is -0.497 e. The van der Waals surface area contributed by atoms with Crippen molar-refractivity contribution < 1.29 is 14.6 Å². The van der Waals surface area contributed by atoms with Gasteiger partial charge < -0.3 is 14.6 Å². The second-order valence-corrected chi connectivity index (χ2v) is 7.99. The number of hydrogen-bond donors (Lipinski definition) is 1. The largest absolute Gasteiger partial charge is 0.497 e. The Morgan fingerprint density at radius 2 is 1.64 bits per heavy atom. The number of piperazine rings is 1. The lowest BCUT2D eigenvalue weighted by atomic mass is 9.99. The van der Waals surface area contributed by atoms with E-state index in [4.69, 9.17) is 9.47 Å². The van der Waals surface area contributed by atoms with Crippen molar-refractivity contribution in [3.05, 3.63) is 59.7 Å². The van der Waals surface area contributed by atoms with Gasteiger partial charge in [0.25, 0.3) is 0 Å². The molecule has 0 aliphatic carbocycles. The zero-order valence-corrected chi connectivity index (χ0v) is 16.8. The van der Waals surface area contributed by atoms with Gasteiger partial charge in [-0.3, -0.25) is 9.80 Å². The van der Waals surface area contributed by atoms with Crippen molar-refractivity contribution in [3.8, 4) is 11.5 Å². The van der Waals surface area contributed by atoms with Gasteiger partial charge in [-0.2, -0.15) is 0 Å². The van der Waals surface area contributed by atoms with Crippen LogP contribution < -0.4 is 9.47 Å². The molecule has 0 amide bonds. The molecule has 2 saturated heterocycles. The second kappa shape index (κ2) is 8.52. The highest BCUT2D eigenvalue weighted by molar-refractivity contribution is 5.38. The van der Waals surface area contributed by atoms with Crippen LogP contribution in [0.5, 0.6) is 11.5 Å². The van der Waals surface area contributed by atoms with Crippen molar-refractivity contribution in [1.82, 2.24) is 9.80 Å². The summed E-state index contributed by atoms with van der Waals surface area (Å²) in [6.07, 6.45) is 1.69. The number of benzene rings is 2. The van der Waals surface area contributed by atoms with Crippen LogP contribution in [0.25, 0.3) is 0 Å². The van der Waals surface area contributed by atoms with Gasteiger partial charge in [0.05, 0.1) is 20.3 Å². The molecule has 1 N–H and O–H groups in total. The Balaban J connectivity index is 1.56. The van der Waals surface area contributed by atoms with Gasteiger partial charge in [0, 0.05) is 44.3 Å². The molecule has 2 fully saturated rings. The summed E-state index contributed by atoms with van der Waals surface area (Å²) in [5.41, 5.74) is 2.56. The molecule has 3 atom stereocenters. The maximum atomic E-state index is 10.2. The molecule has 0 aromatic heterocycles. The summed E-state index contributed by atoms with van der Waals surface area (Å²) in [5, 5.41) is 10.2. The maximum Gasteiger partial charge on any atom is 0.122 e. The van der Waals surface area contributed by atoms with E-state index in [2.05, 4.69) is 52.3 Å². The fraction of sp³-hybridized carbons (Fsp3) is 0.478. The van der Waals surface area contributed by atoms with Crippen molar-refractivity contribution >= 4 is 0 Å². The number of fused-ring (bicyclic) bond motifs is 1. The van der Waals surface area contributed by atoms with Crippen LogP contribution in [0.4, 0.5) is 0 Å². The fourth-order valence-corrected chi connectivity index (χ4v) is 4.64. The standard InChI is InChI=1S/C23H30N2O3/c1-27-22-9-18(10-23(12-22)28-2)13-24-15-20-11-21(26)16-25(20)14-19(24)8-17-6-4-3-5-7-17/h3-7,9-10,12,19-21,26H,8,11,13-16H2,1-2H3/t19-,20-,21+/m0/s1. The number of methoxy groups -OCH3 is 2. The van der Waals surface area contributed by atoms with E-state index in [0.29, 0.717) is 12.1 Å². The molecular formula is C23H30N2O3. The number of aliphatic hydroxyl groups is 1.